The first-order valence-electron chi connectivity index (χ1n) is 5.14. The molecule has 1 atom stereocenters. The minimum absolute atomic E-state index is 0. The highest BCUT2D eigenvalue weighted by Gasteiger charge is 2.12. The van der Waals surface area contributed by atoms with Gasteiger partial charge in [0.25, 0.3) is 0 Å². The molecule has 0 aliphatic rings. The summed E-state index contributed by atoms with van der Waals surface area (Å²) in [5, 5.41) is 12.6. The molecule has 0 saturated heterocycles. The number of nitrogens with two attached hydrogens (primary N) is 1. The molecule has 8 heteroatoms. The van der Waals surface area contributed by atoms with E-state index in [0.717, 1.165) is 0 Å². The lowest BCUT2D eigenvalue weighted by atomic mass is 10.2. The van der Waals surface area contributed by atoms with Crippen molar-refractivity contribution in [2.45, 2.75) is 25.4 Å². The van der Waals surface area contributed by atoms with Gasteiger partial charge in [0.05, 0.1) is 7.11 Å². The topological polar surface area (TPSA) is 107 Å². The first-order chi connectivity index (χ1) is 8.04. The Morgan fingerprint density at radius 2 is 2.28 bits per heavy atom. The van der Waals surface area contributed by atoms with Crippen molar-refractivity contribution in [3.05, 3.63) is 18.0 Å². The van der Waals surface area contributed by atoms with Gasteiger partial charge in [-0.2, -0.15) is 5.10 Å². The number of carboxylic acids is 1. The molecule has 0 fully saturated rings. The zero-order chi connectivity index (χ0) is 12.8. The minimum atomic E-state index is -1.01. The summed E-state index contributed by atoms with van der Waals surface area (Å²) in [5.41, 5.74) is 5.58. The summed E-state index contributed by atoms with van der Waals surface area (Å²) in [6, 6.07) is 0.689. The van der Waals surface area contributed by atoms with Crippen molar-refractivity contribution in [3.63, 3.8) is 0 Å². The Morgan fingerprint density at radius 3 is 2.83 bits per heavy atom. The molecule has 0 aromatic carbocycles. The van der Waals surface area contributed by atoms with Crippen molar-refractivity contribution in [3.8, 4) is 0 Å². The number of hydrogen-bond acceptors (Lipinski definition) is 5. The summed E-state index contributed by atoms with van der Waals surface area (Å²) >= 11 is 0. The van der Waals surface area contributed by atoms with Gasteiger partial charge in [-0.1, -0.05) is 0 Å². The van der Waals surface area contributed by atoms with E-state index in [4.69, 9.17) is 10.8 Å². The van der Waals surface area contributed by atoms with E-state index >= 15 is 0 Å². The van der Waals surface area contributed by atoms with Gasteiger partial charge in [0, 0.05) is 12.7 Å². The van der Waals surface area contributed by atoms with Gasteiger partial charge in [-0.05, 0) is 18.9 Å². The number of hydrogen-bond donors (Lipinski definition) is 2. The Kier molecular flexibility index (Phi) is 6.99. The Bertz CT molecular complexity index is 408. The minimum Gasteiger partial charge on any atom is -0.480 e. The quantitative estimate of drug-likeness (QED) is 0.723. The van der Waals surface area contributed by atoms with Crippen molar-refractivity contribution in [2.24, 2.45) is 5.73 Å². The lowest BCUT2D eigenvalue weighted by molar-refractivity contribution is -0.138. The molecule has 0 amide bonds. The molecule has 0 bridgehead atoms. The van der Waals surface area contributed by atoms with Gasteiger partial charge in [-0.3, -0.25) is 9.48 Å². The standard InChI is InChI=1S/C10H15N3O4.ClH/c1-17-10(16)8-4-6-13(12-8)5-2-3-7(11)9(14)15;/h4,6-7H,2-3,5,11H2,1H3,(H,14,15);1H. The van der Waals surface area contributed by atoms with Gasteiger partial charge in [0.1, 0.15) is 6.04 Å². The summed E-state index contributed by atoms with van der Waals surface area (Å²) in [5.74, 6) is -1.51. The summed E-state index contributed by atoms with van der Waals surface area (Å²) in [6.45, 7) is 0.512. The number of ether oxygens (including phenoxy) is 1. The molecule has 0 aliphatic heterocycles. The van der Waals surface area contributed by atoms with Crippen LogP contribution in [0.15, 0.2) is 12.3 Å². The number of halogens is 1. The average molecular weight is 278 g/mol. The normalized spacial score (nSPS) is 11.4. The number of carbonyl (C=O) groups is 2. The van der Waals surface area contributed by atoms with Gasteiger partial charge in [0.15, 0.2) is 5.69 Å². The molecule has 1 heterocycles. The summed E-state index contributed by atoms with van der Waals surface area (Å²) < 4.78 is 6.07. The highest BCUT2D eigenvalue weighted by molar-refractivity contribution is 5.86. The van der Waals surface area contributed by atoms with E-state index in [-0.39, 0.29) is 18.1 Å². The number of nitrogens with zero attached hydrogens (tertiary/aromatic N) is 2. The summed E-state index contributed by atoms with van der Waals surface area (Å²) in [6.07, 6.45) is 2.58. The number of rotatable bonds is 6. The van der Waals surface area contributed by atoms with Crippen LogP contribution in [0.25, 0.3) is 0 Å². The van der Waals surface area contributed by atoms with Gasteiger partial charge < -0.3 is 15.6 Å². The molecule has 1 aromatic rings. The molecule has 7 nitrogen and oxygen atoms in total. The third kappa shape index (κ3) is 4.72. The third-order valence-corrected chi connectivity index (χ3v) is 2.25. The Labute approximate surface area is 110 Å². The number of carbonyl (C=O) groups excluding carboxylic acids is 1. The third-order valence-electron chi connectivity index (χ3n) is 2.25. The van der Waals surface area contributed by atoms with Crippen LogP contribution < -0.4 is 5.73 Å². The van der Waals surface area contributed by atoms with Crippen LogP contribution in [0.1, 0.15) is 23.3 Å². The highest BCUT2D eigenvalue weighted by atomic mass is 35.5. The van der Waals surface area contributed by atoms with Crippen LogP contribution in [-0.2, 0) is 16.1 Å². The second-order valence-electron chi connectivity index (χ2n) is 3.54. The Balaban J connectivity index is 0.00000289. The molecule has 0 saturated carbocycles. The first kappa shape index (κ1) is 16.4. The first-order valence-corrected chi connectivity index (χ1v) is 5.14. The second kappa shape index (κ2) is 7.67. The molecule has 3 N–H and O–H groups in total. The molecular formula is C10H16ClN3O4. The monoisotopic (exact) mass is 277 g/mol. The van der Waals surface area contributed by atoms with Crippen molar-refractivity contribution in [1.29, 1.82) is 0 Å². The highest BCUT2D eigenvalue weighted by Crippen LogP contribution is 2.01. The maximum absolute atomic E-state index is 11.1. The second-order valence-corrected chi connectivity index (χ2v) is 3.54. The number of esters is 1. The van der Waals surface area contributed by atoms with E-state index < -0.39 is 18.0 Å². The van der Waals surface area contributed by atoms with Crippen LogP contribution in [-0.4, -0.2) is 40.0 Å². The number of methoxy groups -OCH3 is 1. The fourth-order valence-corrected chi connectivity index (χ4v) is 1.30. The van der Waals surface area contributed by atoms with Crippen LogP contribution >= 0.6 is 12.4 Å². The van der Waals surface area contributed by atoms with Gasteiger partial charge in [0.2, 0.25) is 0 Å². The molecule has 102 valence electrons. The number of carboxylic acid groups (broad SMARTS) is 1. The fraction of sp³-hybridized carbons (Fsp3) is 0.500. The van der Waals surface area contributed by atoms with Gasteiger partial charge >= 0.3 is 11.9 Å². The SMILES string of the molecule is COC(=O)c1ccn(CCCC(N)C(=O)O)n1.Cl. The van der Waals surface area contributed by atoms with Crippen molar-refractivity contribution in [1.82, 2.24) is 9.78 Å². The molecule has 18 heavy (non-hydrogen) atoms. The molecule has 1 unspecified atom stereocenters. The van der Waals surface area contributed by atoms with Gasteiger partial charge in [-0.15, -0.1) is 12.4 Å². The van der Waals surface area contributed by atoms with E-state index in [1.54, 1.807) is 16.9 Å². The van der Waals surface area contributed by atoms with Crippen molar-refractivity contribution < 1.29 is 19.4 Å². The Morgan fingerprint density at radius 1 is 1.61 bits per heavy atom. The maximum atomic E-state index is 11.1. The van der Waals surface area contributed by atoms with Crippen LogP contribution in [0.3, 0.4) is 0 Å². The molecular weight excluding hydrogens is 262 g/mol. The van der Waals surface area contributed by atoms with Crippen LogP contribution in [0, 0.1) is 0 Å². The number of aliphatic carboxylic acids is 1. The van der Waals surface area contributed by atoms with E-state index in [9.17, 15) is 9.59 Å². The maximum Gasteiger partial charge on any atom is 0.358 e. The smallest absolute Gasteiger partial charge is 0.358 e. The van der Waals surface area contributed by atoms with Crippen LogP contribution in [0.2, 0.25) is 0 Å². The molecule has 1 aromatic heterocycles. The lowest BCUT2D eigenvalue weighted by Gasteiger charge is -2.05. The van der Waals surface area contributed by atoms with Crippen molar-refractivity contribution >= 4 is 24.3 Å². The summed E-state index contributed by atoms with van der Waals surface area (Å²) in [7, 11) is 1.28. The number of aryl methyl sites for hydroxylation is 1. The van der Waals surface area contributed by atoms with E-state index in [2.05, 4.69) is 9.84 Å². The lowest BCUT2D eigenvalue weighted by Crippen LogP contribution is -2.30. The van der Waals surface area contributed by atoms with Gasteiger partial charge in [-0.25, -0.2) is 4.79 Å². The van der Waals surface area contributed by atoms with Crippen LogP contribution in [0.5, 0.6) is 0 Å². The van der Waals surface area contributed by atoms with E-state index in [1.165, 1.54) is 7.11 Å². The van der Waals surface area contributed by atoms with E-state index in [1.807, 2.05) is 0 Å². The predicted octanol–water partition coefficient (Wildman–Crippen LogP) is 0.284. The predicted molar refractivity (Wildman–Crippen MR) is 65.7 cm³/mol. The average Bonchev–Trinajstić information content (AvgIpc) is 2.76. The zero-order valence-corrected chi connectivity index (χ0v) is 10.7. The molecule has 1 rings (SSSR count). The van der Waals surface area contributed by atoms with Crippen LogP contribution in [0.4, 0.5) is 0 Å². The Hall–Kier alpha value is -1.60. The summed E-state index contributed by atoms with van der Waals surface area (Å²) in [4.78, 5) is 21.6. The molecule has 0 aliphatic carbocycles. The van der Waals surface area contributed by atoms with Crippen molar-refractivity contribution in [2.75, 3.05) is 7.11 Å². The number of aromatic nitrogens is 2. The van der Waals surface area contributed by atoms with E-state index in [0.29, 0.717) is 19.4 Å². The molecule has 0 spiro atoms. The largest absolute Gasteiger partial charge is 0.480 e. The zero-order valence-electron chi connectivity index (χ0n) is 9.91. The fourth-order valence-electron chi connectivity index (χ4n) is 1.30. The molecule has 0 radical (unpaired) electrons.